The number of halogens is 6. The minimum absolute atomic E-state index is 0.336. The highest BCUT2D eigenvalue weighted by atomic mass is 127. The molecule has 0 aliphatic rings. The van der Waals surface area contributed by atoms with Crippen molar-refractivity contribution in [1.29, 1.82) is 0 Å². The zero-order valence-corrected chi connectivity index (χ0v) is 30.5. The Labute approximate surface area is 287 Å². The molecule has 2 aromatic carbocycles. The van der Waals surface area contributed by atoms with Crippen LogP contribution in [0.25, 0.3) is 0 Å². The first-order valence-corrected chi connectivity index (χ1v) is 15.9. The fourth-order valence-electron chi connectivity index (χ4n) is 2.25. The SMILES string of the molecule is O=C(COC(=O)CC(=O)Oc1c(I)cc(I)cc1I)COC(=O)CC(=O)Oc1c(I)cc(I)cc1I. The number of esters is 4. The lowest BCUT2D eigenvalue weighted by atomic mass is 10.3. The smallest absolute Gasteiger partial charge is 0.322 e. The third-order valence-electron chi connectivity index (χ3n) is 3.72. The van der Waals surface area contributed by atoms with E-state index in [0.29, 0.717) is 25.8 Å². The number of hydrogen-bond donors (Lipinski definition) is 0. The minimum atomic E-state index is -0.972. The van der Waals surface area contributed by atoms with Crippen molar-refractivity contribution >= 4 is 165 Å². The van der Waals surface area contributed by atoms with Gasteiger partial charge >= 0.3 is 23.9 Å². The topological polar surface area (TPSA) is 122 Å². The Hall–Kier alpha value is 0.370. The second-order valence-corrected chi connectivity index (χ2v) is 13.7. The third-order valence-corrected chi connectivity index (χ3v) is 8.17. The molecule has 2 rings (SSSR count). The molecule has 0 atom stereocenters. The van der Waals surface area contributed by atoms with Gasteiger partial charge in [-0.25, -0.2) is 0 Å². The molecule has 0 saturated heterocycles. The van der Waals surface area contributed by atoms with Gasteiger partial charge in [0, 0.05) is 7.14 Å². The molecular weight excluding hydrogens is 1160 g/mol. The summed E-state index contributed by atoms with van der Waals surface area (Å²) in [5.41, 5.74) is 0. The van der Waals surface area contributed by atoms with Crippen LogP contribution in [0.15, 0.2) is 24.3 Å². The third kappa shape index (κ3) is 11.2. The zero-order valence-electron chi connectivity index (χ0n) is 17.6. The molecule has 0 spiro atoms. The normalized spacial score (nSPS) is 10.4. The summed E-state index contributed by atoms with van der Waals surface area (Å²) in [6, 6.07) is 7.25. The molecule has 9 nitrogen and oxygen atoms in total. The Morgan fingerprint density at radius 1 is 0.528 bits per heavy atom. The first kappa shape index (κ1) is 32.6. The van der Waals surface area contributed by atoms with Gasteiger partial charge in [-0.1, -0.05) is 0 Å². The van der Waals surface area contributed by atoms with Crippen LogP contribution >= 0.6 is 136 Å². The molecule has 0 unspecified atom stereocenters. The highest BCUT2D eigenvalue weighted by Crippen LogP contribution is 2.31. The average molecular weight is 1170 g/mol. The molecule has 0 heterocycles. The average Bonchev–Trinajstić information content (AvgIpc) is 2.75. The Morgan fingerprint density at radius 3 is 1.14 bits per heavy atom. The quantitative estimate of drug-likeness (QED) is 0.136. The summed E-state index contributed by atoms with van der Waals surface area (Å²) in [7, 11) is 0. The van der Waals surface area contributed by atoms with Crippen molar-refractivity contribution in [2.75, 3.05) is 13.2 Å². The van der Waals surface area contributed by atoms with Crippen LogP contribution in [0.1, 0.15) is 12.8 Å². The second-order valence-electron chi connectivity index (χ2n) is 6.56. The fraction of sp³-hybridized carbons (Fsp3) is 0.190. The predicted molar refractivity (Wildman–Crippen MR) is 177 cm³/mol. The van der Waals surface area contributed by atoms with Gasteiger partial charge in [-0.15, -0.1) is 0 Å². The van der Waals surface area contributed by atoms with E-state index < -0.39 is 55.7 Å². The number of ether oxygens (including phenoxy) is 4. The Kier molecular flexibility index (Phi) is 14.3. The largest absolute Gasteiger partial charge is 0.457 e. The summed E-state index contributed by atoms with van der Waals surface area (Å²) >= 11 is 12.3. The molecule has 192 valence electrons. The number of carbonyl (C=O) groups is 5. The lowest BCUT2D eigenvalue weighted by Crippen LogP contribution is -2.24. The van der Waals surface area contributed by atoms with E-state index in [0.717, 1.165) is 7.14 Å². The van der Waals surface area contributed by atoms with Crippen LogP contribution in [0, 0.1) is 21.4 Å². The summed E-state index contributed by atoms with van der Waals surface area (Å²) < 4.78 is 24.7. The van der Waals surface area contributed by atoms with E-state index in [4.69, 9.17) is 18.9 Å². The van der Waals surface area contributed by atoms with Crippen LogP contribution in [-0.2, 0) is 33.4 Å². The minimum Gasteiger partial charge on any atom is -0.457 e. The summed E-state index contributed by atoms with van der Waals surface area (Å²) in [6.45, 7) is -1.41. The van der Waals surface area contributed by atoms with Crippen LogP contribution < -0.4 is 9.47 Å². The highest BCUT2D eigenvalue weighted by Gasteiger charge is 2.20. The van der Waals surface area contributed by atoms with Gasteiger partial charge in [0.2, 0.25) is 5.78 Å². The maximum Gasteiger partial charge on any atom is 0.322 e. The molecule has 0 amide bonds. The standard InChI is InChI=1S/C21H12I6O9/c22-9-1-12(24)20(13(25)2-9)35-18(31)5-16(29)33-7-11(28)8-34-17(30)6-19(32)36-21-14(26)3-10(23)4-15(21)27/h1-4H,5-8H2. The number of benzene rings is 2. The van der Waals surface area contributed by atoms with Gasteiger partial charge in [-0.2, -0.15) is 0 Å². The molecule has 0 radical (unpaired) electrons. The Morgan fingerprint density at radius 2 is 0.833 bits per heavy atom. The fourth-order valence-corrected chi connectivity index (χ4v) is 9.86. The van der Waals surface area contributed by atoms with E-state index in [1.54, 1.807) is 0 Å². The first-order chi connectivity index (χ1) is 16.8. The van der Waals surface area contributed by atoms with Crippen molar-refractivity contribution in [3.63, 3.8) is 0 Å². The molecule has 36 heavy (non-hydrogen) atoms. The molecular formula is C21H12I6O9. The zero-order chi connectivity index (χ0) is 27.0. The van der Waals surface area contributed by atoms with Crippen LogP contribution in [0.2, 0.25) is 0 Å². The Bertz CT molecular complexity index is 1080. The molecule has 0 aromatic heterocycles. The monoisotopic (exact) mass is 1170 g/mol. The highest BCUT2D eigenvalue weighted by molar-refractivity contribution is 14.1. The molecule has 0 fully saturated rings. The molecule has 0 aliphatic carbocycles. The summed E-state index contributed by atoms with van der Waals surface area (Å²) in [4.78, 5) is 59.6. The van der Waals surface area contributed by atoms with E-state index in [2.05, 4.69) is 45.2 Å². The second kappa shape index (κ2) is 15.8. The molecule has 2 aromatic rings. The lowest BCUT2D eigenvalue weighted by molar-refractivity contribution is -0.156. The van der Waals surface area contributed by atoms with Crippen molar-refractivity contribution in [2.45, 2.75) is 12.8 Å². The number of rotatable bonds is 10. The molecule has 0 aliphatic heterocycles. The van der Waals surface area contributed by atoms with E-state index in [-0.39, 0.29) is 0 Å². The van der Waals surface area contributed by atoms with Gasteiger partial charge < -0.3 is 18.9 Å². The summed E-state index contributed by atoms with van der Waals surface area (Å²) in [5, 5.41) is 0. The van der Waals surface area contributed by atoms with E-state index in [1.807, 2.05) is 115 Å². The van der Waals surface area contributed by atoms with Gasteiger partial charge in [0.25, 0.3) is 0 Å². The van der Waals surface area contributed by atoms with Crippen LogP contribution in [0.3, 0.4) is 0 Å². The van der Waals surface area contributed by atoms with Gasteiger partial charge in [-0.05, 0) is 160 Å². The van der Waals surface area contributed by atoms with E-state index in [1.165, 1.54) is 0 Å². The molecule has 0 N–H and O–H groups in total. The van der Waals surface area contributed by atoms with Crippen LogP contribution in [-0.4, -0.2) is 42.9 Å². The summed E-state index contributed by atoms with van der Waals surface area (Å²) in [5.74, 6) is -3.69. The molecule has 0 bridgehead atoms. The van der Waals surface area contributed by atoms with Gasteiger partial charge in [0.1, 0.15) is 12.8 Å². The van der Waals surface area contributed by atoms with E-state index in [9.17, 15) is 24.0 Å². The van der Waals surface area contributed by atoms with Crippen molar-refractivity contribution in [1.82, 2.24) is 0 Å². The Balaban J connectivity index is 1.72. The predicted octanol–water partition coefficient (Wildman–Crippen LogP) is 5.26. The van der Waals surface area contributed by atoms with Crippen molar-refractivity contribution < 1.29 is 42.9 Å². The number of hydrogen-bond acceptors (Lipinski definition) is 9. The van der Waals surface area contributed by atoms with Gasteiger partial charge in [-0.3, -0.25) is 24.0 Å². The van der Waals surface area contributed by atoms with Crippen molar-refractivity contribution in [2.24, 2.45) is 0 Å². The maximum atomic E-state index is 12.0. The van der Waals surface area contributed by atoms with Crippen molar-refractivity contribution in [3.05, 3.63) is 45.7 Å². The number of Topliss-reactive ketones (excluding diaryl/α,β-unsaturated/α-hetero) is 1. The molecule has 0 saturated carbocycles. The van der Waals surface area contributed by atoms with Gasteiger partial charge in [0.15, 0.2) is 24.7 Å². The van der Waals surface area contributed by atoms with Crippen molar-refractivity contribution in [3.8, 4) is 11.5 Å². The van der Waals surface area contributed by atoms with Crippen LogP contribution in [0.4, 0.5) is 0 Å². The first-order valence-electron chi connectivity index (χ1n) is 9.39. The summed E-state index contributed by atoms with van der Waals surface area (Å²) in [6.07, 6.45) is -1.40. The van der Waals surface area contributed by atoms with E-state index >= 15 is 0 Å². The molecule has 15 heteroatoms. The lowest BCUT2D eigenvalue weighted by Gasteiger charge is -2.10. The number of ketones is 1. The maximum absolute atomic E-state index is 12.0. The van der Waals surface area contributed by atoms with Gasteiger partial charge in [0.05, 0.1) is 14.3 Å². The van der Waals surface area contributed by atoms with Crippen LogP contribution in [0.5, 0.6) is 11.5 Å². The number of carbonyl (C=O) groups excluding carboxylic acids is 5.